The summed E-state index contributed by atoms with van der Waals surface area (Å²) in [6.45, 7) is 14.9. The summed E-state index contributed by atoms with van der Waals surface area (Å²) in [5.74, 6) is 0.605. The summed E-state index contributed by atoms with van der Waals surface area (Å²) in [5, 5.41) is 0. The van der Waals surface area contributed by atoms with Gasteiger partial charge in [-0.25, -0.2) is 0 Å². The number of ether oxygens (including phenoxy) is 2. The van der Waals surface area contributed by atoms with Crippen molar-refractivity contribution in [2.45, 2.75) is 46.6 Å². The first-order chi connectivity index (χ1) is 9.51. The summed E-state index contributed by atoms with van der Waals surface area (Å²) in [4.78, 5) is 2.46. The fraction of sp³-hybridized carbons (Fsp3) is 1.00. The number of hydrogen-bond acceptors (Lipinski definition) is 4. The van der Waals surface area contributed by atoms with E-state index in [1.165, 1.54) is 12.8 Å². The van der Waals surface area contributed by atoms with Crippen molar-refractivity contribution in [3.8, 4) is 0 Å². The highest BCUT2D eigenvalue weighted by atomic mass is 16.5. The van der Waals surface area contributed by atoms with Gasteiger partial charge in [0.05, 0.1) is 13.2 Å². The van der Waals surface area contributed by atoms with Crippen LogP contribution >= 0.6 is 0 Å². The normalized spacial score (nSPS) is 25.5. The van der Waals surface area contributed by atoms with Crippen LogP contribution in [0.25, 0.3) is 0 Å². The van der Waals surface area contributed by atoms with E-state index >= 15 is 0 Å². The monoisotopic (exact) mass is 286 g/mol. The van der Waals surface area contributed by atoms with Crippen molar-refractivity contribution < 1.29 is 9.47 Å². The molecule has 0 aromatic heterocycles. The van der Waals surface area contributed by atoms with E-state index in [1.807, 2.05) is 13.8 Å². The van der Waals surface area contributed by atoms with Crippen LogP contribution in [0.2, 0.25) is 0 Å². The molecule has 0 aromatic rings. The molecule has 2 N–H and O–H groups in total. The summed E-state index contributed by atoms with van der Waals surface area (Å²) in [7, 11) is 0. The minimum absolute atomic E-state index is 0.288. The van der Waals surface area contributed by atoms with Crippen molar-refractivity contribution in [2.75, 3.05) is 46.1 Å². The lowest BCUT2D eigenvalue weighted by Gasteiger charge is -2.31. The van der Waals surface area contributed by atoms with Crippen molar-refractivity contribution >= 4 is 0 Å². The molecule has 1 fully saturated rings. The highest BCUT2D eigenvalue weighted by molar-refractivity contribution is 4.95. The molecule has 0 heterocycles. The Hall–Kier alpha value is -0.160. The molecule has 1 aliphatic rings. The second-order valence-electron chi connectivity index (χ2n) is 6.51. The van der Waals surface area contributed by atoms with Gasteiger partial charge in [0, 0.05) is 38.9 Å². The highest BCUT2D eigenvalue weighted by Gasteiger charge is 2.39. The second-order valence-corrected chi connectivity index (χ2v) is 6.51. The van der Waals surface area contributed by atoms with Gasteiger partial charge in [0.25, 0.3) is 0 Å². The minimum atomic E-state index is 0.288. The predicted molar refractivity (Wildman–Crippen MR) is 83.9 cm³/mol. The lowest BCUT2D eigenvalue weighted by atomic mass is 9.85. The molecule has 20 heavy (non-hydrogen) atoms. The van der Waals surface area contributed by atoms with E-state index in [0.717, 1.165) is 46.1 Å². The van der Waals surface area contributed by atoms with Crippen LogP contribution in [0, 0.1) is 11.3 Å². The third kappa shape index (κ3) is 5.68. The predicted octanol–water partition coefficient (Wildman–Crippen LogP) is 2.12. The Morgan fingerprint density at radius 3 is 2.05 bits per heavy atom. The molecular weight excluding hydrogens is 252 g/mol. The number of nitrogens with two attached hydrogens (primary N) is 1. The van der Waals surface area contributed by atoms with Crippen molar-refractivity contribution in [1.82, 2.24) is 4.90 Å². The number of rotatable bonds is 10. The van der Waals surface area contributed by atoms with Crippen LogP contribution in [0.4, 0.5) is 0 Å². The van der Waals surface area contributed by atoms with Gasteiger partial charge in [-0.2, -0.15) is 0 Å². The minimum Gasteiger partial charge on any atom is -0.380 e. The Kier molecular flexibility index (Phi) is 8.03. The maximum atomic E-state index is 6.43. The fourth-order valence-electron chi connectivity index (χ4n) is 3.05. The van der Waals surface area contributed by atoms with E-state index in [-0.39, 0.29) is 5.41 Å². The molecule has 4 nitrogen and oxygen atoms in total. The van der Waals surface area contributed by atoms with Gasteiger partial charge < -0.3 is 15.2 Å². The molecule has 0 saturated heterocycles. The van der Waals surface area contributed by atoms with Crippen LogP contribution in [-0.2, 0) is 9.47 Å². The van der Waals surface area contributed by atoms with E-state index in [4.69, 9.17) is 15.2 Å². The van der Waals surface area contributed by atoms with Crippen LogP contribution in [0.5, 0.6) is 0 Å². The highest BCUT2D eigenvalue weighted by Crippen LogP contribution is 2.40. The number of nitrogens with zero attached hydrogens (tertiary/aromatic N) is 1. The van der Waals surface area contributed by atoms with Crippen LogP contribution in [0.15, 0.2) is 0 Å². The average Bonchev–Trinajstić information content (AvgIpc) is 2.66. The SMILES string of the molecule is CCOCCN(CCOCC)CC1CCC(C)(C)C1N. The third-order valence-electron chi connectivity index (χ3n) is 4.57. The molecule has 0 aromatic carbocycles. The third-order valence-corrected chi connectivity index (χ3v) is 4.57. The van der Waals surface area contributed by atoms with Crippen molar-refractivity contribution in [3.63, 3.8) is 0 Å². The average molecular weight is 286 g/mol. The topological polar surface area (TPSA) is 47.7 Å². The zero-order valence-electron chi connectivity index (χ0n) is 13.9. The van der Waals surface area contributed by atoms with Crippen molar-refractivity contribution in [1.29, 1.82) is 0 Å². The molecule has 2 atom stereocenters. The van der Waals surface area contributed by atoms with Gasteiger partial charge in [0.1, 0.15) is 0 Å². The van der Waals surface area contributed by atoms with Crippen LogP contribution < -0.4 is 5.73 Å². The van der Waals surface area contributed by atoms with E-state index in [9.17, 15) is 0 Å². The Labute approximate surface area is 125 Å². The first kappa shape index (κ1) is 17.9. The zero-order valence-corrected chi connectivity index (χ0v) is 13.9. The quantitative estimate of drug-likeness (QED) is 0.625. The van der Waals surface area contributed by atoms with Gasteiger partial charge >= 0.3 is 0 Å². The Morgan fingerprint density at radius 2 is 1.65 bits per heavy atom. The molecule has 0 spiro atoms. The molecule has 1 aliphatic carbocycles. The summed E-state index contributed by atoms with van der Waals surface area (Å²) >= 11 is 0. The maximum Gasteiger partial charge on any atom is 0.0593 e. The lowest BCUT2D eigenvalue weighted by Crippen LogP contribution is -2.43. The molecule has 0 bridgehead atoms. The smallest absolute Gasteiger partial charge is 0.0593 e. The van der Waals surface area contributed by atoms with Crippen LogP contribution in [-0.4, -0.2) is 57.0 Å². The van der Waals surface area contributed by atoms with Gasteiger partial charge in [-0.05, 0) is 38.0 Å². The molecule has 1 rings (SSSR count). The second kappa shape index (κ2) is 8.98. The number of hydrogen-bond donors (Lipinski definition) is 1. The van der Waals surface area contributed by atoms with Crippen LogP contribution in [0.3, 0.4) is 0 Å². The molecule has 0 aliphatic heterocycles. The fourth-order valence-corrected chi connectivity index (χ4v) is 3.05. The Balaban J connectivity index is 2.42. The van der Waals surface area contributed by atoms with E-state index in [2.05, 4.69) is 18.7 Å². The Bertz CT molecular complexity index is 249. The summed E-state index contributed by atoms with van der Waals surface area (Å²) in [6, 6.07) is 0.309. The van der Waals surface area contributed by atoms with Crippen molar-refractivity contribution in [2.24, 2.45) is 17.1 Å². The maximum absolute atomic E-state index is 6.43. The van der Waals surface area contributed by atoms with Crippen LogP contribution in [0.1, 0.15) is 40.5 Å². The van der Waals surface area contributed by atoms with Gasteiger partial charge in [-0.15, -0.1) is 0 Å². The molecule has 4 heteroatoms. The van der Waals surface area contributed by atoms with Crippen molar-refractivity contribution in [3.05, 3.63) is 0 Å². The molecule has 0 radical (unpaired) electrons. The summed E-state index contributed by atoms with van der Waals surface area (Å²) < 4.78 is 11.0. The van der Waals surface area contributed by atoms with E-state index in [0.29, 0.717) is 12.0 Å². The zero-order chi connectivity index (χ0) is 15.0. The van der Waals surface area contributed by atoms with E-state index < -0.39 is 0 Å². The van der Waals surface area contributed by atoms with E-state index in [1.54, 1.807) is 0 Å². The first-order valence-electron chi connectivity index (χ1n) is 8.14. The lowest BCUT2D eigenvalue weighted by molar-refractivity contribution is 0.0734. The first-order valence-corrected chi connectivity index (χ1v) is 8.14. The summed E-state index contributed by atoms with van der Waals surface area (Å²) in [5.41, 5.74) is 6.71. The van der Waals surface area contributed by atoms with Gasteiger partial charge in [0.2, 0.25) is 0 Å². The van der Waals surface area contributed by atoms with Gasteiger partial charge in [-0.3, -0.25) is 4.90 Å². The van der Waals surface area contributed by atoms with Gasteiger partial charge in [0.15, 0.2) is 0 Å². The molecule has 120 valence electrons. The molecule has 1 saturated carbocycles. The Morgan fingerprint density at radius 1 is 1.10 bits per heavy atom. The van der Waals surface area contributed by atoms with Gasteiger partial charge in [-0.1, -0.05) is 13.8 Å². The molecular formula is C16H34N2O2. The largest absolute Gasteiger partial charge is 0.380 e. The molecule has 0 amide bonds. The molecule has 2 unspecified atom stereocenters. The summed E-state index contributed by atoms with van der Waals surface area (Å²) in [6.07, 6.45) is 2.48. The standard InChI is InChI=1S/C16H34N2O2/c1-5-19-11-9-18(10-12-20-6-2)13-14-7-8-16(3,4)15(14)17/h14-15H,5-13,17H2,1-4H3.